The normalized spacial score (nSPS) is 13.6. The average Bonchev–Trinajstić information content (AvgIpc) is 3.01. The number of ether oxygens (including phenoxy) is 1. The molecule has 0 amide bonds. The van der Waals surface area contributed by atoms with E-state index >= 15 is 0 Å². The molecular weight excluding hydrogens is 456 g/mol. The molecular formula is C33H48N2O2. The predicted molar refractivity (Wildman–Crippen MR) is 160 cm³/mol. The zero-order valence-electron chi connectivity index (χ0n) is 23.6. The Morgan fingerprint density at radius 2 is 1.11 bits per heavy atom. The number of nitrogens with zero attached hydrogens (tertiary/aromatic N) is 2. The molecule has 1 fully saturated rings. The lowest BCUT2D eigenvalue weighted by molar-refractivity contribution is 0.0468. The maximum atomic E-state index is 7.00. The molecule has 1 aliphatic rings. The van der Waals surface area contributed by atoms with Crippen molar-refractivity contribution in [1.29, 1.82) is 0 Å². The summed E-state index contributed by atoms with van der Waals surface area (Å²) >= 11 is 0. The van der Waals surface area contributed by atoms with Crippen LogP contribution in [0.15, 0.2) is 97.1 Å². The Labute approximate surface area is 226 Å². The summed E-state index contributed by atoms with van der Waals surface area (Å²) in [4.78, 5) is 5.04. The first-order valence-corrected chi connectivity index (χ1v) is 13.7. The van der Waals surface area contributed by atoms with Crippen LogP contribution in [0.2, 0.25) is 0 Å². The van der Waals surface area contributed by atoms with Crippen LogP contribution in [-0.2, 0) is 4.74 Å². The van der Waals surface area contributed by atoms with Crippen molar-refractivity contribution in [2.45, 2.75) is 33.8 Å². The van der Waals surface area contributed by atoms with Crippen LogP contribution in [-0.4, -0.2) is 67.9 Å². The second kappa shape index (κ2) is 21.3. The number of benzene rings is 3. The highest BCUT2D eigenvalue weighted by Gasteiger charge is 2.18. The Balaban J connectivity index is 0.00000106. The maximum absolute atomic E-state index is 7.00. The summed E-state index contributed by atoms with van der Waals surface area (Å²) in [5.41, 5.74) is 3.69. The highest BCUT2D eigenvalue weighted by atomic mass is 16.5. The third kappa shape index (κ3) is 12.4. The second-order valence-electron chi connectivity index (χ2n) is 8.03. The lowest BCUT2D eigenvalue weighted by Gasteiger charge is -2.34. The van der Waals surface area contributed by atoms with Crippen LogP contribution in [0.5, 0.6) is 0 Å². The van der Waals surface area contributed by atoms with E-state index in [1.54, 1.807) is 0 Å². The van der Waals surface area contributed by atoms with Gasteiger partial charge in [0.2, 0.25) is 0 Å². The minimum atomic E-state index is -0.00758. The van der Waals surface area contributed by atoms with Crippen LogP contribution in [0.25, 0.3) is 6.08 Å². The number of hydrogen-bond acceptors (Lipinski definition) is 4. The van der Waals surface area contributed by atoms with E-state index < -0.39 is 0 Å². The number of aliphatic hydroxyl groups is 1. The van der Waals surface area contributed by atoms with Gasteiger partial charge in [0, 0.05) is 46.4 Å². The van der Waals surface area contributed by atoms with E-state index in [4.69, 9.17) is 9.84 Å². The summed E-state index contributed by atoms with van der Waals surface area (Å²) in [5, 5.41) is 7.00. The van der Waals surface area contributed by atoms with E-state index in [2.05, 4.69) is 113 Å². The van der Waals surface area contributed by atoms with Crippen molar-refractivity contribution in [3.8, 4) is 0 Å². The molecule has 0 unspecified atom stereocenters. The number of aliphatic hydroxyl groups excluding tert-OH is 1. The van der Waals surface area contributed by atoms with Crippen LogP contribution in [0.3, 0.4) is 0 Å². The quantitative estimate of drug-likeness (QED) is 0.348. The minimum absolute atomic E-state index is 0.00758. The molecule has 1 saturated heterocycles. The highest BCUT2D eigenvalue weighted by Crippen LogP contribution is 2.25. The molecule has 0 saturated carbocycles. The fraction of sp³-hybridized carbons (Fsp3) is 0.394. The second-order valence-corrected chi connectivity index (χ2v) is 8.03. The van der Waals surface area contributed by atoms with Gasteiger partial charge in [0.25, 0.3) is 0 Å². The Hall–Kier alpha value is -2.76. The van der Waals surface area contributed by atoms with Crippen molar-refractivity contribution in [1.82, 2.24) is 9.80 Å². The van der Waals surface area contributed by atoms with E-state index in [1.807, 2.05) is 27.7 Å². The van der Waals surface area contributed by atoms with Crippen LogP contribution in [0.1, 0.15) is 50.5 Å². The van der Waals surface area contributed by atoms with Crippen molar-refractivity contribution < 1.29 is 9.84 Å². The topological polar surface area (TPSA) is 35.9 Å². The molecule has 37 heavy (non-hydrogen) atoms. The zero-order chi connectivity index (χ0) is 27.1. The smallest absolute Gasteiger partial charge is 0.108 e. The Kier molecular flexibility index (Phi) is 18.6. The van der Waals surface area contributed by atoms with Crippen LogP contribution < -0.4 is 0 Å². The molecule has 0 aromatic heterocycles. The molecule has 3 aromatic rings. The van der Waals surface area contributed by atoms with Gasteiger partial charge in [-0.2, -0.15) is 0 Å². The van der Waals surface area contributed by atoms with Gasteiger partial charge in [0.05, 0.1) is 6.61 Å². The molecule has 1 heterocycles. The Morgan fingerprint density at radius 1 is 0.676 bits per heavy atom. The summed E-state index contributed by atoms with van der Waals surface area (Å²) in [6.45, 7) is 15.2. The SMILES string of the molecule is C(=C\c1ccccc1)/CN1CCN(CCOC(c2ccccc2)c2ccccc2)CC1.CC.CC.CO. The third-order valence-corrected chi connectivity index (χ3v) is 5.84. The standard InChI is InChI=1S/C28H32N2O.2C2H6.CH4O/c1-4-11-25(12-5-1)13-10-18-29-19-21-30(22-20-29)23-24-31-28(26-14-6-2-7-15-26)27-16-8-3-9-17-27;3*1-2/h1-17,28H,18-24H2;2*1-2H3;2H,1H3/b13-10+;;;. The zero-order valence-corrected chi connectivity index (χ0v) is 23.6. The molecule has 0 radical (unpaired) electrons. The molecule has 1 N–H and O–H groups in total. The fourth-order valence-electron chi connectivity index (χ4n) is 4.04. The molecule has 4 heteroatoms. The molecule has 0 aliphatic carbocycles. The Bertz CT molecular complexity index is 869. The number of piperazine rings is 1. The van der Waals surface area contributed by atoms with Crippen LogP contribution in [0, 0.1) is 0 Å². The first-order valence-electron chi connectivity index (χ1n) is 13.7. The van der Waals surface area contributed by atoms with Gasteiger partial charge < -0.3 is 9.84 Å². The van der Waals surface area contributed by atoms with Crippen molar-refractivity contribution in [2.24, 2.45) is 0 Å². The van der Waals surface area contributed by atoms with E-state index in [-0.39, 0.29) is 6.10 Å². The van der Waals surface area contributed by atoms with Crippen LogP contribution in [0.4, 0.5) is 0 Å². The monoisotopic (exact) mass is 504 g/mol. The molecule has 0 spiro atoms. The summed E-state index contributed by atoms with van der Waals surface area (Å²) in [6, 6.07) is 31.6. The van der Waals surface area contributed by atoms with Crippen LogP contribution >= 0.6 is 0 Å². The van der Waals surface area contributed by atoms with Crippen molar-refractivity contribution in [2.75, 3.05) is 53.0 Å². The van der Waals surface area contributed by atoms with E-state index in [0.29, 0.717) is 0 Å². The summed E-state index contributed by atoms with van der Waals surface area (Å²) in [6.07, 6.45) is 4.48. The van der Waals surface area contributed by atoms with E-state index in [9.17, 15) is 0 Å². The van der Waals surface area contributed by atoms with Gasteiger partial charge in [-0.05, 0) is 16.7 Å². The summed E-state index contributed by atoms with van der Waals surface area (Å²) in [5.74, 6) is 0. The molecule has 4 nitrogen and oxygen atoms in total. The van der Waals surface area contributed by atoms with E-state index in [0.717, 1.165) is 53.0 Å². The summed E-state index contributed by atoms with van der Waals surface area (Å²) < 4.78 is 6.39. The summed E-state index contributed by atoms with van der Waals surface area (Å²) in [7, 11) is 1.00. The first kappa shape index (κ1) is 32.3. The lowest BCUT2D eigenvalue weighted by atomic mass is 10.0. The predicted octanol–water partition coefficient (Wildman–Crippen LogP) is 6.78. The average molecular weight is 505 g/mol. The van der Waals surface area contributed by atoms with Crippen molar-refractivity contribution in [3.63, 3.8) is 0 Å². The molecule has 4 rings (SSSR count). The number of hydrogen-bond donors (Lipinski definition) is 1. The van der Waals surface area contributed by atoms with Gasteiger partial charge in [-0.15, -0.1) is 0 Å². The molecule has 202 valence electrons. The van der Waals surface area contributed by atoms with E-state index in [1.165, 1.54) is 16.7 Å². The molecule has 0 atom stereocenters. The lowest BCUT2D eigenvalue weighted by Crippen LogP contribution is -2.47. The fourth-order valence-corrected chi connectivity index (χ4v) is 4.04. The molecule has 1 aliphatic heterocycles. The van der Waals surface area contributed by atoms with Gasteiger partial charge in [-0.1, -0.05) is 131 Å². The first-order chi connectivity index (χ1) is 18.4. The van der Waals surface area contributed by atoms with Gasteiger partial charge in [-0.3, -0.25) is 9.80 Å². The van der Waals surface area contributed by atoms with Gasteiger partial charge in [0.1, 0.15) is 6.10 Å². The minimum Gasteiger partial charge on any atom is -0.400 e. The van der Waals surface area contributed by atoms with Crippen molar-refractivity contribution in [3.05, 3.63) is 114 Å². The third-order valence-electron chi connectivity index (χ3n) is 5.84. The highest BCUT2D eigenvalue weighted by molar-refractivity contribution is 5.48. The molecule has 3 aromatic carbocycles. The van der Waals surface area contributed by atoms with Gasteiger partial charge in [0.15, 0.2) is 0 Å². The molecule has 0 bridgehead atoms. The largest absolute Gasteiger partial charge is 0.400 e. The van der Waals surface area contributed by atoms with Gasteiger partial charge >= 0.3 is 0 Å². The van der Waals surface area contributed by atoms with Crippen molar-refractivity contribution >= 4 is 6.08 Å². The van der Waals surface area contributed by atoms with Gasteiger partial charge in [-0.25, -0.2) is 0 Å². The maximum Gasteiger partial charge on any atom is 0.108 e. The Morgan fingerprint density at radius 3 is 1.59 bits per heavy atom. The number of rotatable bonds is 9.